The summed E-state index contributed by atoms with van der Waals surface area (Å²) in [6, 6.07) is 0. The molecule has 0 atom stereocenters. The fourth-order valence-corrected chi connectivity index (χ4v) is 3.77. The molecule has 0 saturated carbocycles. The first-order valence-electron chi connectivity index (χ1n) is 5.12. The van der Waals surface area contributed by atoms with E-state index in [1.807, 2.05) is 6.20 Å². The molecule has 1 fully saturated rings. The number of thioether (sulfide) groups is 1. The third kappa shape index (κ3) is 3.09. The van der Waals surface area contributed by atoms with Gasteiger partial charge in [0, 0.05) is 41.2 Å². The van der Waals surface area contributed by atoms with Gasteiger partial charge in [-0.15, -0.1) is 11.3 Å². The van der Waals surface area contributed by atoms with Gasteiger partial charge in [0.1, 0.15) is 0 Å². The Morgan fingerprint density at radius 1 is 1.60 bits per heavy atom. The van der Waals surface area contributed by atoms with Crippen LogP contribution >= 0.6 is 23.1 Å². The molecule has 0 radical (unpaired) electrons. The van der Waals surface area contributed by atoms with Crippen LogP contribution in [0.2, 0.25) is 0 Å². The van der Waals surface area contributed by atoms with E-state index in [0.29, 0.717) is 9.88 Å². The Hall–Kier alpha value is -0.260. The fourth-order valence-electron chi connectivity index (χ4n) is 1.87. The standard InChI is InChI=1S/C10H17N3S2/c1-10(2)7-13(3-4-14-10)6-8-5-12-9(11)15-8/h5H,3-4,6-7H2,1-2H3,(H2,11,12). The minimum Gasteiger partial charge on any atom is -0.375 e. The summed E-state index contributed by atoms with van der Waals surface area (Å²) < 4.78 is 0.383. The molecule has 3 nitrogen and oxygen atoms in total. The largest absolute Gasteiger partial charge is 0.375 e. The van der Waals surface area contributed by atoms with Gasteiger partial charge in [0.2, 0.25) is 0 Å². The van der Waals surface area contributed by atoms with Crippen LogP contribution in [0.1, 0.15) is 18.7 Å². The molecule has 1 aliphatic rings. The summed E-state index contributed by atoms with van der Waals surface area (Å²) in [5.41, 5.74) is 5.62. The van der Waals surface area contributed by atoms with E-state index in [0.717, 1.165) is 13.1 Å². The average molecular weight is 243 g/mol. The Morgan fingerprint density at radius 3 is 3.00 bits per heavy atom. The zero-order chi connectivity index (χ0) is 10.9. The predicted octanol–water partition coefficient (Wildman–Crippen LogP) is 2.05. The van der Waals surface area contributed by atoms with Gasteiger partial charge in [-0.25, -0.2) is 4.98 Å². The van der Waals surface area contributed by atoms with Gasteiger partial charge < -0.3 is 5.73 Å². The van der Waals surface area contributed by atoms with Crippen molar-refractivity contribution in [3.8, 4) is 0 Å². The molecule has 1 aromatic rings. The molecular weight excluding hydrogens is 226 g/mol. The molecule has 0 bridgehead atoms. The van der Waals surface area contributed by atoms with Crippen molar-refractivity contribution in [1.29, 1.82) is 0 Å². The average Bonchev–Trinajstić information content (AvgIpc) is 2.49. The van der Waals surface area contributed by atoms with Crippen LogP contribution in [0, 0.1) is 0 Å². The molecule has 0 unspecified atom stereocenters. The van der Waals surface area contributed by atoms with Gasteiger partial charge in [-0.2, -0.15) is 11.8 Å². The molecular formula is C10H17N3S2. The van der Waals surface area contributed by atoms with Crippen LogP contribution in [0.3, 0.4) is 0 Å². The molecule has 1 saturated heterocycles. The Kier molecular flexibility index (Phi) is 3.23. The van der Waals surface area contributed by atoms with Crippen LogP contribution in [-0.2, 0) is 6.54 Å². The molecule has 1 aliphatic heterocycles. The molecule has 2 N–H and O–H groups in total. The summed E-state index contributed by atoms with van der Waals surface area (Å²) >= 11 is 3.66. The van der Waals surface area contributed by atoms with E-state index in [4.69, 9.17) is 5.73 Å². The molecule has 84 valence electrons. The molecule has 0 aliphatic carbocycles. The second-order valence-corrected chi connectivity index (χ2v) is 7.43. The van der Waals surface area contributed by atoms with E-state index >= 15 is 0 Å². The van der Waals surface area contributed by atoms with Gasteiger partial charge in [-0.1, -0.05) is 0 Å². The summed E-state index contributed by atoms with van der Waals surface area (Å²) in [7, 11) is 0. The van der Waals surface area contributed by atoms with E-state index in [-0.39, 0.29) is 0 Å². The Morgan fingerprint density at radius 2 is 2.40 bits per heavy atom. The first kappa shape index (κ1) is 11.2. The minimum atomic E-state index is 0.383. The van der Waals surface area contributed by atoms with E-state index < -0.39 is 0 Å². The van der Waals surface area contributed by atoms with Crippen molar-refractivity contribution in [2.24, 2.45) is 0 Å². The quantitative estimate of drug-likeness (QED) is 0.863. The number of hydrogen-bond acceptors (Lipinski definition) is 5. The molecule has 1 aromatic heterocycles. The number of thiazole rings is 1. The zero-order valence-corrected chi connectivity index (χ0v) is 10.8. The maximum atomic E-state index is 5.62. The summed E-state index contributed by atoms with van der Waals surface area (Å²) in [4.78, 5) is 7.85. The van der Waals surface area contributed by atoms with Gasteiger partial charge in [-0.05, 0) is 13.8 Å². The Bertz CT molecular complexity index is 335. The van der Waals surface area contributed by atoms with Crippen molar-refractivity contribution in [1.82, 2.24) is 9.88 Å². The Balaban J connectivity index is 1.95. The van der Waals surface area contributed by atoms with Crippen molar-refractivity contribution in [2.75, 3.05) is 24.6 Å². The van der Waals surface area contributed by atoms with Gasteiger partial charge in [0.15, 0.2) is 5.13 Å². The van der Waals surface area contributed by atoms with Crippen molar-refractivity contribution in [3.63, 3.8) is 0 Å². The van der Waals surface area contributed by atoms with Crippen molar-refractivity contribution >= 4 is 28.2 Å². The molecule has 2 rings (SSSR count). The molecule has 5 heteroatoms. The van der Waals surface area contributed by atoms with E-state index in [1.54, 1.807) is 11.3 Å². The van der Waals surface area contributed by atoms with Crippen LogP contribution in [-0.4, -0.2) is 33.5 Å². The smallest absolute Gasteiger partial charge is 0.180 e. The number of anilines is 1. The predicted molar refractivity (Wildman–Crippen MR) is 68.3 cm³/mol. The van der Waals surface area contributed by atoms with Crippen LogP contribution in [0.25, 0.3) is 0 Å². The van der Waals surface area contributed by atoms with Crippen LogP contribution < -0.4 is 5.73 Å². The molecule has 0 aromatic carbocycles. The second kappa shape index (κ2) is 4.31. The first-order valence-corrected chi connectivity index (χ1v) is 6.92. The lowest BCUT2D eigenvalue weighted by molar-refractivity contribution is 0.254. The lowest BCUT2D eigenvalue weighted by Gasteiger charge is -2.37. The SMILES string of the molecule is CC1(C)CN(Cc2cnc(N)s2)CCS1. The fraction of sp³-hybridized carbons (Fsp3) is 0.700. The van der Waals surface area contributed by atoms with Crippen LogP contribution in [0.4, 0.5) is 5.13 Å². The van der Waals surface area contributed by atoms with Gasteiger partial charge in [0.25, 0.3) is 0 Å². The number of hydrogen-bond donors (Lipinski definition) is 1. The number of rotatable bonds is 2. The highest BCUT2D eigenvalue weighted by Crippen LogP contribution is 2.30. The van der Waals surface area contributed by atoms with Crippen LogP contribution in [0.5, 0.6) is 0 Å². The summed E-state index contributed by atoms with van der Waals surface area (Å²) in [5, 5.41) is 0.677. The maximum Gasteiger partial charge on any atom is 0.180 e. The number of nitrogens with zero attached hydrogens (tertiary/aromatic N) is 2. The minimum absolute atomic E-state index is 0.383. The van der Waals surface area contributed by atoms with Crippen LogP contribution in [0.15, 0.2) is 6.20 Å². The normalized spacial score (nSPS) is 21.7. The van der Waals surface area contributed by atoms with E-state index in [9.17, 15) is 0 Å². The summed E-state index contributed by atoms with van der Waals surface area (Å²) in [5.74, 6) is 1.22. The highest BCUT2D eigenvalue weighted by Gasteiger charge is 2.26. The first-order chi connectivity index (χ1) is 7.05. The van der Waals surface area contributed by atoms with E-state index in [2.05, 4.69) is 35.5 Å². The molecule has 0 spiro atoms. The van der Waals surface area contributed by atoms with Gasteiger partial charge in [-0.3, -0.25) is 4.90 Å². The van der Waals surface area contributed by atoms with Crippen molar-refractivity contribution < 1.29 is 0 Å². The van der Waals surface area contributed by atoms with Gasteiger partial charge in [0.05, 0.1) is 0 Å². The van der Waals surface area contributed by atoms with Gasteiger partial charge >= 0.3 is 0 Å². The number of nitrogens with two attached hydrogens (primary N) is 1. The highest BCUT2D eigenvalue weighted by molar-refractivity contribution is 8.00. The molecule has 15 heavy (non-hydrogen) atoms. The topological polar surface area (TPSA) is 42.2 Å². The molecule has 2 heterocycles. The second-order valence-electron chi connectivity index (χ2n) is 4.48. The third-order valence-electron chi connectivity index (χ3n) is 2.46. The monoisotopic (exact) mass is 243 g/mol. The molecule has 0 amide bonds. The zero-order valence-electron chi connectivity index (χ0n) is 9.19. The Labute approximate surface area is 99.1 Å². The summed E-state index contributed by atoms with van der Waals surface area (Å²) in [6.07, 6.45) is 1.90. The van der Waals surface area contributed by atoms with Crippen molar-refractivity contribution in [2.45, 2.75) is 25.1 Å². The maximum absolute atomic E-state index is 5.62. The van der Waals surface area contributed by atoms with Crippen molar-refractivity contribution in [3.05, 3.63) is 11.1 Å². The highest BCUT2D eigenvalue weighted by atomic mass is 32.2. The lowest BCUT2D eigenvalue weighted by atomic mass is 10.2. The third-order valence-corrected chi connectivity index (χ3v) is 4.56. The lowest BCUT2D eigenvalue weighted by Crippen LogP contribution is -2.42. The number of nitrogen functional groups attached to an aromatic ring is 1. The summed E-state index contributed by atoms with van der Waals surface area (Å²) in [6.45, 7) is 7.94. The van der Waals surface area contributed by atoms with E-state index in [1.165, 1.54) is 17.2 Å². The number of aromatic nitrogens is 1.